The van der Waals surface area contributed by atoms with E-state index < -0.39 is 0 Å². The van der Waals surface area contributed by atoms with Crippen molar-refractivity contribution < 1.29 is 4.74 Å². The molecule has 1 N–H and O–H groups in total. The van der Waals surface area contributed by atoms with E-state index in [4.69, 9.17) is 4.74 Å². The van der Waals surface area contributed by atoms with Crippen molar-refractivity contribution in [2.24, 2.45) is 5.92 Å². The van der Waals surface area contributed by atoms with E-state index in [1.54, 1.807) is 0 Å². The van der Waals surface area contributed by atoms with E-state index in [1.807, 2.05) is 0 Å². The summed E-state index contributed by atoms with van der Waals surface area (Å²) < 4.78 is 5.38. The molecule has 0 radical (unpaired) electrons. The van der Waals surface area contributed by atoms with Crippen LogP contribution < -0.4 is 10.2 Å². The maximum atomic E-state index is 5.38. The normalized spacial score (nSPS) is 27.7. The highest BCUT2D eigenvalue weighted by atomic mass is 16.5. The molecule has 2 aliphatic rings. The first-order valence-corrected chi connectivity index (χ1v) is 7.00. The summed E-state index contributed by atoms with van der Waals surface area (Å²) in [6, 6.07) is 9.53. The smallest absolute Gasteiger partial charge is 0.0642 e. The topological polar surface area (TPSA) is 24.5 Å². The Labute approximate surface area is 109 Å². The van der Waals surface area contributed by atoms with Gasteiger partial charge in [-0.15, -0.1) is 0 Å². The van der Waals surface area contributed by atoms with Crippen LogP contribution in [-0.4, -0.2) is 32.3 Å². The van der Waals surface area contributed by atoms with Crippen molar-refractivity contribution in [3.8, 4) is 0 Å². The van der Waals surface area contributed by atoms with E-state index >= 15 is 0 Å². The number of hydrogen-bond acceptors (Lipinski definition) is 3. The molecule has 0 unspecified atom stereocenters. The zero-order valence-corrected chi connectivity index (χ0v) is 11.1. The van der Waals surface area contributed by atoms with Crippen LogP contribution in [0.3, 0.4) is 0 Å². The van der Waals surface area contributed by atoms with E-state index in [9.17, 15) is 0 Å². The van der Waals surface area contributed by atoms with Crippen molar-refractivity contribution in [3.63, 3.8) is 0 Å². The van der Waals surface area contributed by atoms with Crippen molar-refractivity contribution in [1.29, 1.82) is 0 Å². The summed E-state index contributed by atoms with van der Waals surface area (Å²) in [6.07, 6.45) is 2.62. The van der Waals surface area contributed by atoms with Gasteiger partial charge in [-0.3, -0.25) is 0 Å². The molecule has 1 aliphatic carbocycles. The predicted molar refractivity (Wildman–Crippen MR) is 75.3 cm³/mol. The molecular formula is C15H22N2O. The fourth-order valence-corrected chi connectivity index (χ4v) is 2.85. The molecule has 0 bridgehead atoms. The Morgan fingerprint density at radius 1 is 1.11 bits per heavy atom. The van der Waals surface area contributed by atoms with Crippen LogP contribution in [0.2, 0.25) is 0 Å². The van der Waals surface area contributed by atoms with E-state index in [0.717, 1.165) is 32.2 Å². The Morgan fingerprint density at radius 3 is 2.39 bits per heavy atom. The number of nitrogens with one attached hydrogen (secondary N) is 1. The van der Waals surface area contributed by atoms with Crippen molar-refractivity contribution in [3.05, 3.63) is 24.3 Å². The Balaban J connectivity index is 1.58. The minimum Gasteiger partial charge on any atom is -0.382 e. The highest BCUT2D eigenvalue weighted by Gasteiger charge is 2.24. The van der Waals surface area contributed by atoms with Gasteiger partial charge in [0.05, 0.1) is 13.2 Å². The van der Waals surface area contributed by atoms with Crippen LogP contribution in [0.4, 0.5) is 11.4 Å². The molecule has 2 fully saturated rings. The molecule has 98 valence electrons. The Hall–Kier alpha value is -1.22. The van der Waals surface area contributed by atoms with Crippen LogP contribution in [0, 0.1) is 5.92 Å². The molecule has 18 heavy (non-hydrogen) atoms. The SMILES string of the molecule is CC1CC(Nc2ccc(N3CCOCC3)cc2)C1. The highest BCUT2D eigenvalue weighted by Crippen LogP contribution is 2.30. The summed E-state index contributed by atoms with van der Waals surface area (Å²) in [6.45, 7) is 6.03. The molecule has 0 amide bonds. The van der Waals surface area contributed by atoms with Gasteiger partial charge < -0.3 is 15.0 Å². The van der Waals surface area contributed by atoms with Gasteiger partial charge in [-0.1, -0.05) is 6.92 Å². The average Bonchev–Trinajstić information content (AvgIpc) is 2.39. The lowest BCUT2D eigenvalue weighted by Crippen LogP contribution is -2.36. The van der Waals surface area contributed by atoms with Crippen molar-refractivity contribution in [2.45, 2.75) is 25.8 Å². The van der Waals surface area contributed by atoms with Crippen molar-refractivity contribution >= 4 is 11.4 Å². The van der Waals surface area contributed by atoms with Crippen LogP contribution in [0.5, 0.6) is 0 Å². The van der Waals surface area contributed by atoms with Gasteiger partial charge in [-0.05, 0) is 43.0 Å². The summed E-state index contributed by atoms with van der Waals surface area (Å²) in [5.41, 5.74) is 2.56. The molecule has 1 saturated carbocycles. The lowest BCUT2D eigenvalue weighted by atomic mass is 9.82. The summed E-state index contributed by atoms with van der Waals surface area (Å²) in [7, 11) is 0. The second kappa shape index (κ2) is 5.19. The van der Waals surface area contributed by atoms with Crippen LogP contribution in [0.25, 0.3) is 0 Å². The monoisotopic (exact) mass is 246 g/mol. The number of benzene rings is 1. The molecule has 0 spiro atoms. The molecule has 3 rings (SSSR count). The number of anilines is 2. The first-order chi connectivity index (χ1) is 8.81. The summed E-state index contributed by atoms with van der Waals surface area (Å²) in [5.74, 6) is 0.898. The number of nitrogens with zero attached hydrogens (tertiary/aromatic N) is 1. The largest absolute Gasteiger partial charge is 0.382 e. The van der Waals surface area contributed by atoms with Gasteiger partial charge in [0.2, 0.25) is 0 Å². The van der Waals surface area contributed by atoms with Crippen LogP contribution in [0.15, 0.2) is 24.3 Å². The van der Waals surface area contributed by atoms with Gasteiger partial charge in [0, 0.05) is 30.5 Å². The van der Waals surface area contributed by atoms with Crippen LogP contribution in [0.1, 0.15) is 19.8 Å². The molecule has 1 aromatic rings. The maximum absolute atomic E-state index is 5.38. The molecule has 0 aromatic heterocycles. The van der Waals surface area contributed by atoms with Gasteiger partial charge in [-0.25, -0.2) is 0 Å². The van der Waals surface area contributed by atoms with Crippen molar-refractivity contribution in [2.75, 3.05) is 36.5 Å². The average molecular weight is 246 g/mol. The van der Waals surface area contributed by atoms with Gasteiger partial charge in [-0.2, -0.15) is 0 Å². The Kier molecular flexibility index (Phi) is 3.41. The predicted octanol–water partition coefficient (Wildman–Crippen LogP) is 2.73. The molecular weight excluding hydrogens is 224 g/mol. The molecule has 1 aliphatic heterocycles. The third kappa shape index (κ3) is 2.61. The summed E-state index contributed by atoms with van der Waals surface area (Å²) in [4.78, 5) is 2.39. The summed E-state index contributed by atoms with van der Waals surface area (Å²) in [5, 5.41) is 3.60. The van der Waals surface area contributed by atoms with E-state index in [-0.39, 0.29) is 0 Å². The maximum Gasteiger partial charge on any atom is 0.0642 e. The Bertz CT molecular complexity index is 378. The molecule has 1 heterocycles. The first kappa shape index (κ1) is 11.8. The minimum atomic E-state index is 0.689. The number of morpholine rings is 1. The third-order valence-electron chi connectivity index (χ3n) is 3.99. The van der Waals surface area contributed by atoms with Crippen LogP contribution >= 0.6 is 0 Å². The Morgan fingerprint density at radius 2 is 1.78 bits per heavy atom. The molecule has 3 nitrogen and oxygen atoms in total. The van der Waals surface area contributed by atoms with Gasteiger partial charge in [0.1, 0.15) is 0 Å². The first-order valence-electron chi connectivity index (χ1n) is 7.00. The standard InChI is InChI=1S/C15H22N2O/c1-12-10-14(11-12)16-13-2-4-15(5-3-13)17-6-8-18-9-7-17/h2-5,12,14,16H,6-11H2,1H3. The second-order valence-electron chi connectivity index (χ2n) is 5.56. The van der Waals surface area contributed by atoms with Gasteiger partial charge >= 0.3 is 0 Å². The van der Waals surface area contributed by atoms with Gasteiger partial charge in [0.15, 0.2) is 0 Å². The van der Waals surface area contributed by atoms with Crippen molar-refractivity contribution in [1.82, 2.24) is 0 Å². The molecule has 1 aromatic carbocycles. The lowest BCUT2D eigenvalue weighted by molar-refractivity contribution is 0.122. The third-order valence-corrected chi connectivity index (χ3v) is 3.99. The highest BCUT2D eigenvalue weighted by molar-refractivity contribution is 5.55. The molecule has 3 heteroatoms. The fourth-order valence-electron chi connectivity index (χ4n) is 2.85. The quantitative estimate of drug-likeness (QED) is 0.887. The van der Waals surface area contributed by atoms with E-state index in [2.05, 4.69) is 41.4 Å². The lowest BCUT2D eigenvalue weighted by Gasteiger charge is -2.34. The summed E-state index contributed by atoms with van der Waals surface area (Å²) >= 11 is 0. The van der Waals surface area contributed by atoms with Crippen LogP contribution in [-0.2, 0) is 4.74 Å². The zero-order chi connectivity index (χ0) is 12.4. The number of hydrogen-bond donors (Lipinski definition) is 1. The van der Waals surface area contributed by atoms with Gasteiger partial charge in [0.25, 0.3) is 0 Å². The fraction of sp³-hybridized carbons (Fsp3) is 0.600. The zero-order valence-electron chi connectivity index (χ0n) is 11.1. The molecule has 1 saturated heterocycles. The minimum absolute atomic E-state index is 0.689. The van der Waals surface area contributed by atoms with E-state index in [0.29, 0.717) is 6.04 Å². The number of ether oxygens (including phenoxy) is 1. The number of rotatable bonds is 3. The second-order valence-corrected chi connectivity index (χ2v) is 5.56. The molecule has 0 atom stereocenters. The van der Waals surface area contributed by atoms with E-state index in [1.165, 1.54) is 24.2 Å².